The van der Waals surface area contributed by atoms with E-state index in [0.29, 0.717) is 29.4 Å². The molecule has 3 aromatic rings. The molecule has 2 aromatic heterocycles. The summed E-state index contributed by atoms with van der Waals surface area (Å²) in [5.41, 5.74) is 1.62. The van der Waals surface area contributed by atoms with Gasteiger partial charge in [-0.05, 0) is 42.9 Å². The fourth-order valence-corrected chi connectivity index (χ4v) is 3.96. The Hall–Kier alpha value is -2.58. The molecule has 1 N–H and O–H groups in total. The van der Waals surface area contributed by atoms with Gasteiger partial charge in [0.15, 0.2) is 0 Å². The van der Waals surface area contributed by atoms with Gasteiger partial charge >= 0.3 is 0 Å². The van der Waals surface area contributed by atoms with Gasteiger partial charge in [0.05, 0.1) is 5.69 Å². The maximum absolute atomic E-state index is 14.1. The molecule has 2 heterocycles. The van der Waals surface area contributed by atoms with Gasteiger partial charge in [-0.1, -0.05) is 0 Å². The number of pyridine rings is 1. The van der Waals surface area contributed by atoms with Gasteiger partial charge < -0.3 is 5.32 Å². The molecular weight excluding hydrogens is 348 g/mol. The monoisotopic (exact) mass is 363 g/mol. The molecule has 5 nitrogen and oxygen atoms in total. The standard InChI is InChI=1S/C17H15F2N3O2S/c1-20-9-12-7-16(13-3-2-6-21-10-13)22(11-12)25(23,24)17-5-4-14(18)8-15(17)19/h2-8,10-11,20H,9H2,1H3. The highest BCUT2D eigenvalue weighted by atomic mass is 32.2. The molecule has 130 valence electrons. The van der Waals surface area contributed by atoms with Crippen LogP contribution in [0.5, 0.6) is 0 Å². The molecule has 0 spiro atoms. The molecule has 0 saturated heterocycles. The Morgan fingerprint density at radius 1 is 1.20 bits per heavy atom. The predicted octanol–water partition coefficient (Wildman–Crippen LogP) is 2.78. The van der Waals surface area contributed by atoms with Crippen LogP contribution in [-0.4, -0.2) is 24.4 Å². The van der Waals surface area contributed by atoms with Gasteiger partial charge in [0.2, 0.25) is 0 Å². The Balaban J connectivity index is 2.21. The number of halogens is 2. The average Bonchev–Trinajstić information content (AvgIpc) is 3.00. The van der Waals surface area contributed by atoms with Crippen LogP contribution in [0.4, 0.5) is 8.78 Å². The molecule has 1 aromatic carbocycles. The van der Waals surface area contributed by atoms with Gasteiger partial charge in [-0.15, -0.1) is 0 Å². The first-order valence-electron chi connectivity index (χ1n) is 7.40. The van der Waals surface area contributed by atoms with E-state index in [1.807, 2.05) is 0 Å². The van der Waals surface area contributed by atoms with Crippen molar-refractivity contribution < 1.29 is 17.2 Å². The fraction of sp³-hybridized carbons (Fsp3) is 0.118. The smallest absolute Gasteiger partial charge is 0.271 e. The summed E-state index contributed by atoms with van der Waals surface area (Å²) in [5, 5.41) is 2.94. The number of aromatic nitrogens is 2. The van der Waals surface area contributed by atoms with Crippen LogP contribution in [0.25, 0.3) is 11.3 Å². The van der Waals surface area contributed by atoms with Crippen LogP contribution in [0.15, 0.2) is 59.9 Å². The van der Waals surface area contributed by atoms with Crippen molar-refractivity contribution in [3.05, 3.63) is 72.2 Å². The highest BCUT2D eigenvalue weighted by Crippen LogP contribution is 2.28. The van der Waals surface area contributed by atoms with E-state index < -0.39 is 26.6 Å². The Morgan fingerprint density at radius 2 is 2.00 bits per heavy atom. The fourth-order valence-electron chi connectivity index (χ4n) is 2.51. The van der Waals surface area contributed by atoms with E-state index in [1.54, 1.807) is 31.4 Å². The predicted molar refractivity (Wildman–Crippen MR) is 89.4 cm³/mol. The molecule has 0 saturated carbocycles. The number of benzene rings is 1. The summed E-state index contributed by atoms with van der Waals surface area (Å²) in [7, 11) is -2.51. The lowest BCUT2D eigenvalue weighted by Gasteiger charge is -2.11. The Kier molecular flexibility index (Phi) is 4.65. The van der Waals surface area contributed by atoms with Crippen molar-refractivity contribution in [2.45, 2.75) is 11.4 Å². The van der Waals surface area contributed by atoms with Crippen molar-refractivity contribution >= 4 is 10.0 Å². The van der Waals surface area contributed by atoms with Crippen LogP contribution < -0.4 is 5.32 Å². The van der Waals surface area contributed by atoms with Gasteiger partial charge in [0.1, 0.15) is 16.5 Å². The summed E-state index contributed by atoms with van der Waals surface area (Å²) in [6, 6.07) is 7.46. The molecule has 25 heavy (non-hydrogen) atoms. The lowest BCUT2D eigenvalue weighted by Crippen LogP contribution is -2.15. The normalized spacial score (nSPS) is 11.6. The van der Waals surface area contributed by atoms with Gasteiger partial charge in [0.25, 0.3) is 10.0 Å². The van der Waals surface area contributed by atoms with E-state index in [0.717, 1.165) is 16.1 Å². The first-order chi connectivity index (χ1) is 11.9. The third kappa shape index (κ3) is 3.31. The van der Waals surface area contributed by atoms with Crippen LogP contribution in [0.1, 0.15) is 5.56 Å². The molecule has 0 radical (unpaired) electrons. The molecule has 0 aliphatic heterocycles. The van der Waals surface area contributed by atoms with Crippen LogP contribution in [0.2, 0.25) is 0 Å². The van der Waals surface area contributed by atoms with Gasteiger partial charge in [0, 0.05) is 36.8 Å². The second-order valence-corrected chi connectivity index (χ2v) is 7.16. The van der Waals surface area contributed by atoms with E-state index in [4.69, 9.17) is 0 Å². The Morgan fingerprint density at radius 3 is 2.64 bits per heavy atom. The minimum Gasteiger partial charge on any atom is -0.316 e. The van der Waals surface area contributed by atoms with E-state index in [9.17, 15) is 17.2 Å². The molecule has 0 fully saturated rings. The van der Waals surface area contributed by atoms with Crippen molar-refractivity contribution in [3.8, 4) is 11.3 Å². The number of rotatable bonds is 5. The maximum Gasteiger partial charge on any atom is 0.271 e. The SMILES string of the molecule is CNCc1cc(-c2cccnc2)n(S(=O)(=O)c2ccc(F)cc2F)c1. The molecular formula is C17H15F2N3O2S. The third-order valence-electron chi connectivity index (χ3n) is 3.61. The number of hydrogen-bond acceptors (Lipinski definition) is 4. The van der Waals surface area contributed by atoms with Gasteiger partial charge in [-0.3, -0.25) is 4.98 Å². The van der Waals surface area contributed by atoms with Crippen LogP contribution in [-0.2, 0) is 16.6 Å². The molecule has 0 aliphatic rings. The number of hydrogen-bond donors (Lipinski definition) is 1. The summed E-state index contributed by atoms with van der Waals surface area (Å²) in [5.74, 6) is -1.98. The van der Waals surface area contributed by atoms with Crippen LogP contribution in [0, 0.1) is 11.6 Å². The first-order valence-corrected chi connectivity index (χ1v) is 8.84. The summed E-state index contributed by atoms with van der Waals surface area (Å²) in [4.78, 5) is 3.40. The quantitative estimate of drug-likeness (QED) is 0.757. The van der Waals surface area contributed by atoms with Gasteiger partial charge in [-0.2, -0.15) is 0 Å². The van der Waals surface area contributed by atoms with Gasteiger partial charge in [-0.25, -0.2) is 21.2 Å². The molecule has 8 heteroatoms. The summed E-state index contributed by atoms with van der Waals surface area (Å²) < 4.78 is 54.1. The Bertz CT molecular complexity index is 1000. The van der Waals surface area contributed by atoms with E-state index in [-0.39, 0.29) is 0 Å². The third-order valence-corrected chi connectivity index (χ3v) is 5.32. The van der Waals surface area contributed by atoms with E-state index in [2.05, 4.69) is 10.3 Å². The average molecular weight is 363 g/mol. The van der Waals surface area contributed by atoms with E-state index >= 15 is 0 Å². The molecule has 0 unspecified atom stereocenters. The largest absolute Gasteiger partial charge is 0.316 e. The maximum atomic E-state index is 14.1. The summed E-state index contributed by atoms with van der Waals surface area (Å²) in [6.07, 6.45) is 4.50. The topological polar surface area (TPSA) is 64.0 Å². The minimum absolute atomic E-state index is 0.349. The van der Waals surface area contributed by atoms with Crippen molar-refractivity contribution in [3.63, 3.8) is 0 Å². The zero-order valence-electron chi connectivity index (χ0n) is 13.3. The van der Waals surface area contributed by atoms with Crippen molar-refractivity contribution in [2.24, 2.45) is 0 Å². The zero-order valence-corrected chi connectivity index (χ0v) is 14.1. The van der Waals surface area contributed by atoms with Crippen LogP contribution >= 0.6 is 0 Å². The molecule has 0 bridgehead atoms. The zero-order chi connectivity index (χ0) is 18.0. The molecule has 3 rings (SSSR count). The summed E-state index contributed by atoms with van der Waals surface area (Å²) >= 11 is 0. The molecule has 0 atom stereocenters. The van der Waals surface area contributed by atoms with Crippen molar-refractivity contribution in [1.29, 1.82) is 0 Å². The Labute approximate surface area is 144 Å². The second-order valence-electron chi connectivity index (χ2n) is 5.38. The van der Waals surface area contributed by atoms with Crippen LogP contribution in [0.3, 0.4) is 0 Å². The molecule has 0 amide bonds. The first kappa shape index (κ1) is 17.2. The van der Waals surface area contributed by atoms with Crippen molar-refractivity contribution in [1.82, 2.24) is 14.3 Å². The molecule has 0 aliphatic carbocycles. The summed E-state index contributed by atoms with van der Waals surface area (Å²) in [6.45, 7) is 0.432. The lowest BCUT2D eigenvalue weighted by atomic mass is 10.2. The van der Waals surface area contributed by atoms with Crippen molar-refractivity contribution in [2.75, 3.05) is 7.05 Å². The highest BCUT2D eigenvalue weighted by molar-refractivity contribution is 7.90. The van der Waals surface area contributed by atoms with E-state index in [1.165, 1.54) is 12.4 Å². The lowest BCUT2D eigenvalue weighted by molar-refractivity contribution is 0.546. The second kappa shape index (κ2) is 6.73. The number of nitrogens with one attached hydrogen (secondary N) is 1. The number of nitrogens with zero attached hydrogens (tertiary/aromatic N) is 2. The highest BCUT2D eigenvalue weighted by Gasteiger charge is 2.25. The minimum atomic E-state index is -4.24.